The Bertz CT molecular complexity index is 846. The van der Waals surface area contributed by atoms with Crippen LogP contribution in [-0.2, 0) is 4.74 Å². The van der Waals surface area contributed by atoms with Crippen molar-refractivity contribution in [3.63, 3.8) is 0 Å². The lowest BCUT2D eigenvalue weighted by Crippen LogP contribution is -2.07. The van der Waals surface area contributed by atoms with E-state index in [-0.39, 0.29) is 0 Å². The zero-order chi connectivity index (χ0) is 20.7. The van der Waals surface area contributed by atoms with Gasteiger partial charge in [-0.2, -0.15) is 0 Å². The summed E-state index contributed by atoms with van der Waals surface area (Å²) in [5.41, 5.74) is 1.67. The molecule has 0 heterocycles. The van der Waals surface area contributed by atoms with Gasteiger partial charge >= 0.3 is 5.97 Å². The Hall–Kier alpha value is -3.35. The van der Waals surface area contributed by atoms with Crippen molar-refractivity contribution in [3.05, 3.63) is 41.0 Å². The van der Waals surface area contributed by atoms with Gasteiger partial charge in [-0.15, -0.1) is 0 Å². The third-order valence-corrected chi connectivity index (χ3v) is 4.09. The SMILES string of the molecule is COC(=O)c1c(/C=C/c2cc(OC)c(OC)c(OC)c2)cc(OC)cc1OC. The smallest absolute Gasteiger partial charge is 0.342 e. The highest BCUT2D eigenvalue weighted by atomic mass is 16.5. The van der Waals surface area contributed by atoms with Gasteiger partial charge in [0.1, 0.15) is 17.1 Å². The lowest BCUT2D eigenvalue weighted by molar-refractivity contribution is 0.0597. The number of ether oxygens (including phenoxy) is 6. The summed E-state index contributed by atoms with van der Waals surface area (Å²) in [7, 11) is 8.98. The summed E-state index contributed by atoms with van der Waals surface area (Å²) in [6, 6.07) is 6.95. The molecule has 0 amide bonds. The average Bonchev–Trinajstić information content (AvgIpc) is 2.75. The van der Waals surface area contributed by atoms with Gasteiger partial charge in [0.05, 0.1) is 42.7 Å². The summed E-state index contributed by atoms with van der Waals surface area (Å²) in [5, 5.41) is 0. The molecule has 0 bridgehead atoms. The molecule has 0 unspecified atom stereocenters. The maximum Gasteiger partial charge on any atom is 0.342 e. The van der Waals surface area contributed by atoms with Crippen LogP contribution in [0.25, 0.3) is 12.2 Å². The first-order valence-corrected chi connectivity index (χ1v) is 8.35. The van der Waals surface area contributed by atoms with Crippen molar-refractivity contribution in [2.45, 2.75) is 0 Å². The van der Waals surface area contributed by atoms with Crippen LogP contribution >= 0.6 is 0 Å². The Morgan fingerprint density at radius 1 is 0.714 bits per heavy atom. The molecule has 7 nitrogen and oxygen atoms in total. The fraction of sp³-hybridized carbons (Fsp3) is 0.286. The Kier molecular flexibility index (Phi) is 7.14. The van der Waals surface area contributed by atoms with Crippen molar-refractivity contribution in [2.24, 2.45) is 0 Å². The van der Waals surface area contributed by atoms with Gasteiger partial charge in [-0.3, -0.25) is 0 Å². The zero-order valence-electron chi connectivity index (χ0n) is 16.8. The number of rotatable bonds is 8. The van der Waals surface area contributed by atoms with Gasteiger partial charge < -0.3 is 28.4 Å². The molecule has 0 radical (unpaired) electrons. The van der Waals surface area contributed by atoms with E-state index in [0.29, 0.717) is 39.9 Å². The number of carbonyl (C=O) groups excluding carboxylic acids is 1. The standard InChI is InChI=1S/C21H24O7/c1-23-15-11-14(19(21(22)28-6)16(12-15)24-2)8-7-13-9-17(25-3)20(27-5)18(10-13)26-4/h7-12H,1-6H3/b8-7+. The summed E-state index contributed by atoms with van der Waals surface area (Å²) in [5.74, 6) is 1.95. The number of esters is 1. The van der Waals surface area contributed by atoms with Crippen LogP contribution in [0.15, 0.2) is 24.3 Å². The molecule has 2 aromatic carbocycles. The highest BCUT2D eigenvalue weighted by Gasteiger charge is 2.19. The zero-order valence-corrected chi connectivity index (χ0v) is 16.8. The predicted octanol–water partition coefficient (Wildman–Crippen LogP) is 3.69. The van der Waals surface area contributed by atoms with Crippen LogP contribution in [0.3, 0.4) is 0 Å². The molecule has 0 aliphatic carbocycles. The highest BCUT2D eigenvalue weighted by molar-refractivity contribution is 5.98. The summed E-state index contributed by atoms with van der Waals surface area (Å²) in [4.78, 5) is 12.3. The Morgan fingerprint density at radius 2 is 1.32 bits per heavy atom. The molecule has 0 fully saturated rings. The summed E-state index contributed by atoms with van der Waals surface area (Å²) in [6.07, 6.45) is 3.57. The highest BCUT2D eigenvalue weighted by Crippen LogP contribution is 2.39. The van der Waals surface area contributed by atoms with Crippen molar-refractivity contribution >= 4 is 18.1 Å². The lowest BCUT2D eigenvalue weighted by Gasteiger charge is -2.14. The monoisotopic (exact) mass is 388 g/mol. The van der Waals surface area contributed by atoms with Crippen molar-refractivity contribution in [2.75, 3.05) is 42.7 Å². The largest absolute Gasteiger partial charge is 0.497 e. The molecule has 2 aromatic rings. The maximum atomic E-state index is 12.3. The minimum Gasteiger partial charge on any atom is -0.497 e. The van der Waals surface area contributed by atoms with Crippen LogP contribution in [0.2, 0.25) is 0 Å². The topological polar surface area (TPSA) is 72.5 Å². The molecule has 0 N–H and O–H groups in total. The van der Waals surface area contributed by atoms with Gasteiger partial charge in [0.25, 0.3) is 0 Å². The van der Waals surface area contributed by atoms with E-state index in [4.69, 9.17) is 28.4 Å². The lowest BCUT2D eigenvalue weighted by atomic mass is 10.0. The third kappa shape index (κ3) is 4.31. The van der Waals surface area contributed by atoms with Gasteiger partial charge in [0.15, 0.2) is 11.5 Å². The minimum atomic E-state index is -0.510. The molecule has 0 saturated heterocycles. The van der Waals surface area contributed by atoms with Crippen molar-refractivity contribution in [3.8, 4) is 28.7 Å². The van der Waals surface area contributed by atoms with Crippen LogP contribution < -0.4 is 23.7 Å². The predicted molar refractivity (Wildman–Crippen MR) is 106 cm³/mol. The fourth-order valence-corrected chi connectivity index (χ4v) is 2.73. The van der Waals surface area contributed by atoms with Gasteiger partial charge in [-0.25, -0.2) is 4.79 Å². The molecular formula is C21H24O7. The fourth-order valence-electron chi connectivity index (χ4n) is 2.73. The van der Waals surface area contributed by atoms with Crippen molar-refractivity contribution < 1.29 is 33.2 Å². The maximum absolute atomic E-state index is 12.3. The average molecular weight is 388 g/mol. The first-order chi connectivity index (χ1) is 13.5. The van der Waals surface area contributed by atoms with E-state index in [0.717, 1.165) is 5.56 Å². The molecule has 0 spiro atoms. The normalized spacial score (nSPS) is 10.5. The van der Waals surface area contributed by atoms with E-state index >= 15 is 0 Å². The Balaban J connectivity index is 2.58. The van der Waals surface area contributed by atoms with E-state index in [2.05, 4.69) is 0 Å². The molecule has 0 atom stereocenters. The molecule has 0 aromatic heterocycles. The molecule has 150 valence electrons. The first-order valence-electron chi connectivity index (χ1n) is 8.35. The molecule has 28 heavy (non-hydrogen) atoms. The Labute approximate surface area is 164 Å². The second kappa shape index (κ2) is 9.55. The Morgan fingerprint density at radius 3 is 1.79 bits per heavy atom. The first kappa shape index (κ1) is 21.0. The van der Waals surface area contributed by atoms with E-state index in [1.54, 1.807) is 58.8 Å². The number of hydrogen-bond donors (Lipinski definition) is 0. The van der Waals surface area contributed by atoms with Crippen LogP contribution in [0.4, 0.5) is 0 Å². The van der Waals surface area contributed by atoms with Gasteiger partial charge in [0, 0.05) is 6.07 Å². The van der Waals surface area contributed by atoms with E-state index in [9.17, 15) is 4.79 Å². The van der Waals surface area contributed by atoms with Crippen LogP contribution in [0, 0.1) is 0 Å². The molecular weight excluding hydrogens is 364 g/mol. The van der Waals surface area contributed by atoms with E-state index in [1.807, 2.05) is 6.08 Å². The van der Waals surface area contributed by atoms with Crippen LogP contribution in [0.5, 0.6) is 28.7 Å². The second-order valence-corrected chi connectivity index (χ2v) is 5.58. The van der Waals surface area contributed by atoms with Crippen LogP contribution in [0.1, 0.15) is 21.5 Å². The molecule has 0 aliphatic rings. The molecule has 0 saturated carbocycles. The number of carbonyl (C=O) groups is 1. The quantitative estimate of drug-likeness (QED) is 0.504. The van der Waals surface area contributed by atoms with E-state index in [1.165, 1.54) is 14.2 Å². The number of hydrogen-bond acceptors (Lipinski definition) is 7. The van der Waals surface area contributed by atoms with Crippen LogP contribution in [-0.4, -0.2) is 48.6 Å². The number of methoxy groups -OCH3 is 6. The molecule has 0 aliphatic heterocycles. The van der Waals surface area contributed by atoms with Gasteiger partial charge in [0.2, 0.25) is 5.75 Å². The minimum absolute atomic E-state index is 0.300. The summed E-state index contributed by atoms with van der Waals surface area (Å²) < 4.78 is 31.6. The van der Waals surface area contributed by atoms with Gasteiger partial charge in [-0.05, 0) is 29.3 Å². The summed E-state index contributed by atoms with van der Waals surface area (Å²) >= 11 is 0. The van der Waals surface area contributed by atoms with E-state index < -0.39 is 5.97 Å². The molecule has 2 rings (SSSR count). The third-order valence-electron chi connectivity index (χ3n) is 4.09. The number of benzene rings is 2. The van der Waals surface area contributed by atoms with Crippen molar-refractivity contribution in [1.29, 1.82) is 0 Å². The summed E-state index contributed by atoms with van der Waals surface area (Å²) in [6.45, 7) is 0. The van der Waals surface area contributed by atoms with Gasteiger partial charge in [-0.1, -0.05) is 12.2 Å². The second-order valence-electron chi connectivity index (χ2n) is 5.58. The van der Waals surface area contributed by atoms with Crippen molar-refractivity contribution in [1.82, 2.24) is 0 Å². The molecule has 7 heteroatoms.